The molecule has 0 saturated carbocycles. The first-order valence-corrected chi connectivity index (χ1v) is 7.00. The quantitative estimate of drug-likeness (QED) is 0.777. The van der Waals surface area contributed by atoms with Gasteiger partial charge in [-0.3, -0.25) is 4.98 Å². The number of ether oxygens (including phenoxy) is 1. The monoisotopic (exact) mass is 285 g/mol. The van der Waals surface area contributed by atoms with Crippen molar-refractivity contribution >= 4 is 5.69 Å². The number of anilines is 1. The van der Waals surface area contributed by atoms with Crippen LogP contribution in [0.15, 0.2) is 24.5 Å². The van der Waals surface area contributed by atoms with Gasteiger partial charge in [0, 0.05) is 43.8 Å². The lowest BCUT2D eigenvalue weighted by atomic mass is 10.0. The smallest absolute Gasteiger partial charge is 0.261 e. The highest BCUT2D eigenvalue weighted by Crippen LogP contribution is 2.18. The molecule has 2 rings (SSSR count). The van der Waals surface area contributed by atoms with Gasteiger partial charge in [-0.15, -0.1) is 0 Å². The fraction of sp³-hybridized carbons (Fsp3) is 0.643. The van der Waals surface area contributed by atoms with Gasteiger partial charge >= 0.3 is 0 Å². The highest BCUT2D eigenvalue weighted by atomic mass is 19.3. The maximum absolute atomic E-state index is 11.9. The molecule has 20 heavy (non-hydrogen) atoms. The Bertz CT molecular complexity index is 370. The van der Waals surface area contributed by atoms with E-state index in [0.29, 0.717) is 19.2 Å². The van der Waals surface area contributed by atoms with E-state index in [1.54, 1.807) is 12.4 Å². The number of halogens is 2. The molecular formula is C14H21F2N3O. The van der Waals surface area contributed by atoms with E-state index in [1.165, 1.54) is 5.69 Å². The molecule has 4 nitrogen and oxygen atoms in total. The molecule has 0 bridgehead atoms. The van der Waals surface area contributed by atoms with E-state index in [4.69, 9.17) is 4.74 Å². The van der Waals surface area contributed by atoms with Crippen LogP contribution in [0.5, 0.6) is 0 Å². The molecule has 0 amide bonds. The van der Waals surface area contributed by atoms with Gasteiger partial charge in [0.2, 0.25) is 0 Å². The lowest BCUT2D eigenvalue weighted by molar-refractivity contribution is 0.0180. The van der Waals surface area contributed by atoms with E-state index in [-0.39, 0.29) is 0 Å². The zero-order chi connectivity index (χ0) is 14.2. The topological polar surface area (TPSA) is 37.4 Å². The Morgan fingerprint density at radius 1 is 1.30 bits per heavy atom. The summed E-state index contributed by atoms with van der Waals surface area (Å²) in [6.45, 7) is 2.50. The summed E-state index contributed by atoms with van der Waals surface area (Å²) >= 11 is 0. The Balaban J connectivity index is 1.60. The first kappa shape index (κ1) is 15.1. The second-order valence-electron chi connectivity index (χ2n) is 4.89. The number of pyridine rings is 1. The minimum absolute atomic E-state index is 0.342. The summed E-state index contributed by atoms with van der Waals surface area (Å²) in [5, 5.41) is 3.36. The molecule has 1 aromatic rings. The van der Waals surface area contributed by atoms with Crippen LogP contribution < -0.4 is 10.2 Å². The minimum atomic E-state index is -2.38. The number of nitrogens with one attached hydrogen (secondary N) is 1. The van der Waals surface area contributed by atoms with Gasteiger partial charge in [0.15, 0.2) is 0 Å². The van der Waals surface area contributed by atoms with Crippen LogP contribution in [0, 0.1) is 0 Å². The molecule has 1 aliphatic rings. The van der Waals surface area contributed by atoms with Crippen molar-refractivity contribution in [3.05, 3.63) is 24.5 Å². The molecule has 1 aromatic heterocycles. The Morgan fingerprint density at radius 2 is 2.00 bits per heavy atom. The van der Waals surface area contributed by atoms with Crippen LogP contribution in [-0.4, -0.2) is 50.3 Å². The number of nitrogens with zero attached hydrogens (tertiary/aromatic N) is 2. The molecule has 0 atom stereocenters. The predicted octanol–water partition coefficient (Wildman–Crippen LogP) is 1.92. The van der Waals surface area contributed by atoms with Crippen LogP contribution >= 0.6 is 0 Å². The molecular weight excluding hydrogens is 264 g/mol. The van der Waals surface area contributed by atoms with E-state index >= 15 is 0 Å². The largest absolute Gasteiger partial charge is 0.374 e. The van der Waals surface area contributed by atoms with Gasteiger partial charge in [0.1, 0.15) is 6.61 Å². The Kier molecular flexibility index (Phi) is 6.14. The summed E-state index contributed by atoms with van der Waals surface area (Å²) in [6, 6.07) is 4.49. The van der Waals surface area contributed by atoms with Crippen LogP contribution in [0.1, 0.15) is 12.8 Å². The molecule has 0 radical (unpaired) electrons. The van der Waals surface area contributed by atoms with Crippen molar-refractivity contribution in [2.45, 2.75) is 25.3 Å². The van der Waals surface area contributed by atoms with Crippen LogP contribution in [0.25, 0.3) is 0 Å². The van der Waals surface area contributed by atoms with Gasteiger partial charge in [0.25, 0.3) is 6.43 Å². The van der Waals surface area contributed by atoms with Gasteiger partial charge in [0.05, 0.1) is 6.61 Å². The van der Waals surface area contributed by atoms with E-state index < -0.39 is 13.0 Å². The summed E-state index contributed by atoms with van der Waals surface area (Å²) in [4.78, 5) is 6.36. The summed E-state index contributed by atoms with van der Waals surface area (Å²) < 4.78 is 28.6. The molecule has 6 heteroatoms. The maximum Gasteiger partial charge on any atom is 0.261 e. The average molecular weight is 285 g/mol. The Morgan fingerprint density at radius 3 is 2.65 bits per heavy atom. The molecule has 2 heterocycles. The fourth-order valence-corrected chi connectivity index (χ4v) is 2.40. The van der Waals surface area contributed by atoms with Gasteiger partial charge in [-0.25, -0.2) is 8.78 Å². The zero-order valence-electron chi connectivity index (χ0n) is 11.5. The molecule has 112 valence electrons. The number of hydrogen-bond acceptors (Lipinski definition) is 4. The highest BCUT2D eigenvalue weighted by molar-refractivity contribution is 5.44. The summed E-state index contributed by atoms with van der Waals surface area (Å²) in [5.74, 6) is 0. The Labute approximate surface area is 118 Å². The third-order valence-electron chi connectivity index (χ3n) is 3.45. The lowest BCUT2D eigenvalue weighted by Crippen LogP contribution is -2.43. The molecule has 0 aliphatic carbocycles. The van der Waals surface area contributed by atoms with Crippen LogP contribution in [0.3, 0.4) is 0 Å². The average Bonchev–Trinajstić information content (AvgIpc) is 2.48. The molecule has 1 N–H and O–H groups in total. The van der Waals surface area contributed by atoms with Crippen LogP contribution in [0.4, 0.5) is 14.5 Å². The van der Waals surface area contributed by atoms with Crippen molar-refractivity contribution < 1.29 is 13.5 Å². The SMILES string of the molecule is FC(F)COCCNC1CCN(c2ccncc2)CC1. The maximum atomic E-state index is 11.9. The molecule has 0 aromatic carbocycles. The van der Waals surface area contributed by atoms with Gasteiger partial charge in [-0.05, 0) is 25.0 Å². The number of aromatic nitrogens is 1. The predicted molar refractivity (Wildman–Crippen MR) is 74.3 cm³/mol. The molecule has 1 aliphatic heterocycles. The van der Waals surface area contributed by atoms with E-state index in [1.807, 2.05) is 12.1 Å². The Hall–Kier alpha value is -1.27. The zero-order valence-corrected chi connectivity index (χ0v) is 11.5. The van der Waals surface area contributed by atoms with Gasteiger partial charge in [-0.1, -0.05) is 0 Å². The van der Waals surface area contributed by atoms with E-state index in [0.717, 1.165) is 25.9 Å². The molecule has 1 saturated heterocycles. The number of alkyl halides is 2. The minimum Gasteiger partial charge on any atom is -0.374 e. The van der Waals surface area contributed by atoms with E-state index in [2.05, 4.69) is 15.2 Å². The van der Waals surface area contributed by atoms with Crippen LogP contribution in [0.2, 0.25) is 0 Å². The van der Waals surface area contributed by atoms with Crippen molar-refractivity contribution in [2.75, 3.05) is 37.7 Å². The third-order valence-corrected chi connectivity index (χ3v) is 3.45. The fourth-order valence-electron chi connectivity index (χ4n) is 2.40. The molecule has 0 unspecified atom stereocenters. The van der Waals surface area contributed by atoms with Crippen molar-refractivity contribution in [2.24, 2.45) is 0 Å². The number of hydrogen-bond donors (Lipinski definition) is 1. The normalized spacial score (nSPS) is 16.9. The number of rotatable bonds is 7. The van der Waals surface area contributed by atoms with Crippen molar-refractivity contribution in [3.8, 4) is 0 Å². The summed E-state index contributed by atoms with van der Waals surface area (Å²) in [7, 11) is 0. The van der Waals surface area contributed by atoms with Gasteiger partial charge < -0.3 is 15.0 Å². The van der Waals surface area contributed by atoms with Crippen molar-refractivity contribution in [3.63, 3.8) is 0 Å². The third kappa shape index (κ3) is 5.02. The lowest BCUT2D eigenvalue weighted by Gasteiger charge is -2.34. The van der Waals surface area contributed by atoms with Crippen LogP contribution in [-0.2, 0) is 4.74 Å². The summed E-state index contributed by atoms with van der Waals surface area (Å²) in [5.41, 5.74) is 1.21. The van der Waals surface area contributed by atoms with Crippen molar-refractivity contribution in [1.82, 2.24) is 10.3 Å². The number of piperidine rings is 1. The first-order chi connectivity index (χ1) is 9.75. The molecule has 0 spiro atoms. The highest BCUT2D eigenvalue weighted by Gasteiger charge is 2.18. The first-order valence-electron chi connectivity index (χ1n) is 7.00. The van der Waals surface area contributed by atoms with E-state index in [9.17, 15) is 8.78 Å². The second kappa shape index (κ2) is 8.11. The standard InChI is InChI=1S/C14H21F2N3O/c15-14(16)11-20-10-7-18-12-3-8-19(9-4-12)13-1-5-17-6-2-13/h1-2,5-6,12,14,18H,3-4,7-11H2. The van der Waals surface area contributed by atoms with Crippen molar-refractivity contribution in [1.29, 1.82) is 0 Å². The van der Waals surface area contributed by atoms with Gasteiger partial charge in [-0.2, -0.15) is 0 Å². The second-order valence-corrected chi connectivity index (χ2v) is 4.89. The molecule has 1 fully saturated rings. The summed E-state index contributed by atoms with van der Waals surface area (Å²) in [6.07, 6.45) is 3.34.